The molecule has 7 nitrogen and oxygen atoms in total. The predicted molar refractivity (Wildman–Crippen MR) is 82.8 cm³/mol. The van der Waals surface area contributed by atoms with E-state index in [0.29, 0.717) is 16.9 Å². The van der Waals surface area contributed by atoms with E-state index in [1.165, 1.54) is 10.9 Å². The van der Waals surface area contributed by atoms with E-state index in [9.17, 15) is 4.79 Å². The van der Waals surface area contributed by atoms with Crippen molar-refractivity contribution in [2.24, 2.45) is 17.9 Å². The summed E-state index contributed by atoms with van der Waals surface area (Å²) in [7, 11) is 1.65. The highest BCUT2D eigenvalue weighted by molar-refractivity contribution is 14.1. The molecule has 20 heavy (non-hydrogen) atoms. The van der Waals surface area contributed by atoms with E-state index < -0.39 is 0 Å². The van der Waals surface area contributed by atoms with Crippen LogP contribution in [-0.4, -0.2) is 26.7 Å². The van der Waals surface area contributed by atoms with E-state index >= 15 is 0 Å². The van der Waals surface area contributed by atoms with Gasteiger partial charge in [0, 0.05) is 16.2 Å². The van der Waals surface area contributed by atoms with E-state index in [1.54, 1.807) is 19.2 Å². The van der Waals surface area contributed by atoms with Crippen LogP contribution in [0.5, 0.6) is 0 Å². The van der Waals surface area contributed by atoms with Crippen LogP contribution in [0.15, 0.2) is 35.6 Å². The van der Waals surface area contributed by atoms with Crippen LogP contribution in [0.4, 0.5) is 5.82 Å². The number of hydrogen-bond acceptors (Lipinski definition) is 4. The fourth-order valence-corrected chi connectivity index (χ4v) is 1.97. The summed E-state index contributed by atoms with van der Waals surface area (Å²) in [5.41, 5.74) is 6.40. The molecule has 0 aliphatic carbocycles. The van der Waals surface area contributed by atoms with Crippen molar-refractivity contribution < 1.29 is 10.0 Å². The van der Waals surface area contributed by atoms with Gasteiger partial charge in [-0.05, 0) is 46.9 Å². The Morgan fingerprint density at radius 2 is 2.10 bits per heavy atom. The Morgan fingerprint density at radius 1 is 1.45 bits per heavy atom. The van der Waals surface area contributed by atoms with Crippen LogP contribution in [0.3, 0.4) is 0 Å². The highest BCUT2D eigenvalue weighted by Gasteiger charge is 2.16. The molecule has 0 bridgehead atoms. The number of nitrogens with two attached hydrogens (primary N) is 1. The maximum absolute atomic E-state index is 12.1. The van der Waals surface area contributed by atoms with E-state index in [4.69, 9.17) is 10.9 Å². The Hall–Kier alpha value is -2.10. The van der Waals surface area contributed by atoms with Gasteiger partial charge in [0.15, 0.2) is 5.84 Å². The topological polar surface area (TPSA) is 106 Å². The number of aryl methyl sites for hydroxylation is 1. The van der Waals surface area contributed by atoms with Gasteiger partial charge in [0.1, 0.15) is 5.82 Å². The highest BCUT2D eigenvalue weighted by atomic mass is 127. The van der Waals surface area contributed by atoms with E-state index in [-0.39, 0.29) is 11.7 Å². The van der Waals surface area contributed by atoms with Crippen molar-refractivity contribution in [2.75, 3.05) is 5.32 Å². The maximum Gasteiger partial charge on any atom is 0.256 e. The molecule has 1 aromatic heterocycles. The van der Waals surface area contributed by atoms with Gasteiger partial charge >= 0.3 is 0 Å². The van der Waals surface area contributed by atoms with E-state index in [2.05, 4.69) is 38.2 Å². The molecule has 0 atom stereocenters. The zero-order valence-corrected chi connectivity index (χ0v) is 12.7. The lowest BCUT2D eigenvalue weighted by molar-refractivity contribution is 0.102. The molecular formula is C12H12IN5O2. The molecule has 0 radical (unpaired) electrons. The molecule has 4 N–H and O–H groups in total. The molecule has 0 aliphatic heterocycles. The lowest BCUT2D eigenvalue weighted by Crippen LogP contribution is -2.20. The van der Waals surface area contributed by atoms with Crippen LogP contribution in [0.1, 0.15) is 15.9 Å². The number of benzene rings is 1. The average molecular weight is 385 g/mol. The first kappa shape index (κ1) is 14.3. The molecule has 8 heteroatoms. The number of rotatable bonds is 3. The fourth-order valence-electron chi connectivity index (χ4n) is 1.61. The first-order valence-electron chi connectivity index (χ1n) is 5.59. The molecule has 1 amide bonds. The lowest BCUT2D eigenvalue weighted by Gasteiger charge is -2.08. The first-order valence-corrected chi connectivity index (χ1v) is 6.67. The van der Waals surface area contributed by atoms with Crippen LogP contribution < -0.4 is 11.1 Å². The molecule has 0 fully saturated rings. The zero-order chi connectivity index (χ0) is 14.7. The van der Waals surface area contributed by atoms with Gasteiger partial charge in [0.25, 0.3) is 5.91 Å². The minimum absolute atomic E-state index is 0.115. The number of aromatic nitrogens is 2. The maximum atomic E-state index is 12.1. The van der Waals surface area contributed by atoms with Gasteiger partial charge in [-0.15, -0.1) is 0 Å². The molecule has 1 aromatic carbocycles. The van der Waals surface area contributed by atoms with Gasteiger partial charge in [0.05, 0.1) is 11.8 Å². The number of anilines is 1. The third-order valence-corrected chi connectivity index (χ3v) is 3.38. The largest absolute Gasteiger partial charge is 0.409 e. The summed E-state index contributed by atoms with van der Waals surface area (Å²) in [5.74, 6) is -0.0446. The predicted octanol–water partition coefficient (Wildman–Crippen LogP) is 1.37. The second kappa shape index (κ2) is 5.90. The standard InChI is InChI=1S/C12H12IN5O2/c1-18-11(9(6-15-18)10(14)17-20)16-12(19)7-2-4-8(13)5-3-7/h2-6,20H,1H3,(H2,14,17)(H,16,19). The number of nitrogens with zero attached hydrogens (tertiary/aromatic N) is 3. The summed E-state index contributed by atoms with van der Waals surface area (Å²) in [6, 6.07) is 7.11. The van der Waals surface area contributed by atoms with Crippen molar-refractivity contribution in [3.8, 4) is 0 Å². The Labute approximate surface area is 128 Å². The van der Waals surface area contributed by atoms with Gasteiger partial charge < -0.3 is 16.3 Å². The van der Waals surface area contributed by atoms with Crippen molar-refractivity contribution in [1.29, 1.82) is 0 Å². The third kappa shape index (κ3) is 2.90. The average Bonchev–Trinajstić information content (AvgIpc) is 2.80. The minimum atomic E-state index is -0.294. The number of amidine groups is 1. The number of carbonyl (C=O) groups excluding carboxylic acids is 1. The van der Waals surface area contributed by atoms with Crippen molar-refractivity contribution in [3.63, 3.8) is 0 Å². The molecule has 2 rings (SSSR count). The number of hydrogen-bond donors (Lipinski definition) is 3. The van der Waals surface area contributed by atoms with Crippen molar-refractivity contribution in [2.45, 2.75) is 0 Å². The van der Waals surface area contributed by atoms with Crippen LogP contribution in [0.2, 0.25) is 0 Å². The fraction of sp³-hybridized carbons (Fsp3) is 0.0833. The number of nitrogens with one attached hydrogen (secondary N) is 1. The molecular weight excluding hydrogens is 373 g/mol. The smallest absolute Gasteiger partial charge is 0.256 e. The second-order valence-corrected chi connectivity index (χ2v) is 5.22. The number of carbonyl (C=O) groups is 1. The van der Waals surface area contributed by atoms with Crippen LogP contribution in [0, 0.1) is 3.57 Å². The van der Waals surface area contributed by atoms with Crippen molar-refractivity contribution in [3.05, 3.63) is 45.2 Å². The minimum Gasteiger partial charge on any atom is -0.409 e. The zero-order valence-electron chi connectivity index (χ0n) is 10.5. The molecule has 0 saturated carbocycles. The summed E-state index contributed by atoms with van der Waals surface area (Å²) in [4.78, 5) is 12.1. The Bertz CT molecular complexity index is 663. The lowest BCUT2D eigenvalue weighted by atomic mass is 10.2. The number of oxime groups is 1. The van der Waals surface area contributed by atoms with Gasteiger partial charge in [-0.2, -0.15) is 5.10 Å². The Balaban J connectivity index is 2.28. The quantitative estimate of drug-likeness (QED) is 0.244. The van der Waals surface area contributed by atoms with Crippen LogP contribution in [-0.2, 0) is 7.05 Å². The van der Waals surface area contributed by atoms with Crippen molar-refractivity contribution >= 4 is 40.2 Å². The molecule has 2 aromatic rings. The molecule has 0 aliphatic rings. The van der Waals surface area contributed by atoms with Crippen LogP contribution in [0.25, 0.3) is 0 Å². The number of amides is 1. The van der Waals surface area contributed by atoms with Crippen LogP contribution >= 0.6 is 22.6 Å². The van der Waals surface area contributed by atoms with Gasteiger partial charge in [0.2, 0.25) is 0 Å². The summed E-state index contributed by atoms with van der Waals surface area (Å²) < 4.78 is 2.48. The van der Waals surface area contributed by atoms with Gasteiger partial charge in [-0.25, -0.2) is 0 Å². The Kier molecular flexibility index (Phi) is 4.23. The highest BCUT2D eigenvalue weighted by Crippen LogP contribution is 2.15. The number of halogens is 1. The summed E-state index contributed by atoms with van der Waals surface area (Å²) in [6.45, 7) is 0. The first-order chi connectivity index (χ1) is 9.52. The molecule has 104 valence electrons. The third-order valence-electron chi connectivity index (χ3n) is 2.66. The van der Waals surface area contributed by atoms with E-state index in [0.717, 1.165) is 3.57 Å². The van der Waals surface area contributed by atoms with Crippen molar-refractivity contribution in [1.82, 2.24) is 9.78 Å². The SMILES string of the molecule is Cn1ncc(C(N)=NO)c1NC(=O)c1ccc(I)cc1. The summed E-state index contributed by atoms with van der Waals surface area (Å²) in [6.07, 6.45) is 1.42. The monoisotopic (exact) mass is 385 g/mol. The van der Waals surface area contributed by atoms with Gasteiger partial charge in [-0.3, -0.25) is 9.48 Å². The summed E-state index contributed by atoms with van der Waals surface area (Å²) >= 11 is 2.16. The Morgan fingerprint density at radius 3 is 2.70 bits per heavy atom. The normalized spacial score (nSPS) is 11.4. The van der Waals surface area contributed by atoms with E-state index in [1.807, 2.05) is 12.1 Å². The molecule has 0 spiro atoms. The molecule has 0 saturated heterocycles. The summed E-state index contributed by atoms with van der Waals surface area (Å²) in [5, 5.41) is 18.3. The molecule has 0 unspecified atom stereocenters. The second-order valence-electron chi connectivity index (χ2n) is 3.98. The molecule has 1 heterocycles. The van der Waals surface area contributed by atoms with Gasteiger partial charge in [-0.1, -0.05) is 5.16 Å².